The lowest BCUT2D eigenvalue weighted by Gasteiger charge is -2.21. The highest BCUT2D eigenvalue weighted by Gasteiger charge is 2.31. The minimum Gasteiger partial charge on any atom is -0.495 e. The summed E-state index contributed by atoms with van der Waals surface area (Å²) in [7, 11) is 6.80. The summed E-state index contributed by atoms with van der Waals surface area (Å²) in [4.78, 5) is 52.4. The highest BCUT2D eigenvalue weighted by Crippen LogP contribution is 2.45. The SMILES string of the molecule is C=CC(=O)NC1COCC1Nc1ncc2cc(-c3c(Cl)c(OC)cc(OC)c3Cl)c(=O)n(CC3CCN(C(=O)/C=C/CN(C)C)C3)c2n1. The molecule has 13 nitrogen and oxygen atoms in total. The van der Waals surface area contributed by atoms with Crippen molar-refractivity contribution < 1.29 is 23.8 Å². The Bertz CT molecular complexity index is 1770. The van der Waals surface area contributed by atoms with Crippen molar-refractivity contribution in [2.45, 2.75) is 25.0 Å². The van der Waals surface area contributed by atoms with Crippen molar-refractivity contribution in [3.63, 3.8) is 0 Å². The van der Waals surface area contributed by atoms with Crippen LogP contribution < -0.4 is 25.7 Å². The van der Waals surface area contributed by atoms with Crippen LogP contribution >= 0.6 is 23.2 Å². The molecule has 2 amide bonds. The monoisotopic (exact) mass is 699 g/mol. The third-order valence-corrected chi connectivity index (χ3v) is 9.10. The van der Waals surface area contributed by atoms with Crippen LogP contribution in [-0.4, -0.2) is 109 Å². The topological polar surface area (TPSA) is 140 Å². The van der Waals surface area contributed by atoms with Gasteiger partial charge in [-0.25, -0.2) is 4.98 Å². The molecule has 2 saturated heterocycles. The van der Waals surface area contributed by atoms with E-state index >= 15 is 0 Å². The third kappa shape index (κ3) is 7.59. The number of nitrogens with zero attached hydrogens (tertiary/aromatic N) is 5. The number of halogens is 2. The molecule has 0 bridgehead atoms. The van der Waals surface area contributed by atoms with E-state index in [-0.39, 0.29) is 69.0 Å². The quantitative estimate of drug-likeness (QED) is 0.271. The number of aromatic nitrogens is 3. The number of likely N-dealkylation sites (N-methyl/N-ethyl adjacent to an activating group) is 1. The van der Waals surface area contributed by atoms with Gasteiger partial charge in [0.2, 0.25) is 17.8 Å². The standard InChI is InChI=1S/C33H39Cl2N7O6/c1-6-26(43)37-22-17-48-18-23(22)38-33-36-14-20-12-21(28-29(34)24(46-4)13-25(47-5)30(28)35)32(45)42(31(20)39-33)16-19-9-11-41(15-19)27(44)8-7-10-40(2)3/h6-8,12-14,19,22-23H,1,9-11,15-18H2,2-5H3,(H,37,43)(H,36,38,39)/b8-7+. The molecule has 0 saturated carbocycles. The van der Waals surface area contributed by atoms with Crippen LogP contribution in [0.4, 0.5) is 5.95 Å². The van der Waals surface area contributed by atoms with Crippen LogP contribution in [0.5, 0.6) is 11.5 Å². The predicted octanol–water partition coefficient (Wildman–Crippen LogP) is 3.23. The van der Waals surface area contributed by atoms with Crippen molar-refractivity contribution in [2.24, 2.45) is 5.92 Å². The first-order chi connectivity index (χ1) is 23.0. The van der Waals surface area contributed by atoms with Gasteiger partial charge in [0.15, 0.2) is 0 Å². The molecule has 0 aliphatic carbocycles. The number of rotatable bonds is 12. The Morgan fingerprint density at radius 2 is 1.85 bits per heavy atom. The van der Waals surface area contributed by atoms with E-state index < -0.39 is 0 Å². The normalized spacial score (nSPS) is 19.3. The summed E-state index contributed by atoms with van der Waals surface area (Å²) in [6, 6.07) is 2.56. The van der Waals surface area contributed by atoms with E-state index in [0.717, 1.165) is 0 Å². The summed E-state index contributed by atoms with van der Waals surface area (Å²) in [6.07, 6.45) is 6.93. The molecule has 3 atom stereocenters. The number of benzene rings is 1. The van der Waals surface area contributed by atoms with Crippen LogP contribution in [0, 0.1) is 5.92 Å². The fraction of sp³-hybridized carbons (Fsp3) is 0.424. The van der Waals surface area contributed by atoms with Gasteiger partial charge in [0.1, 0.15) is 17.1 Å². The maximum absolute atomic E-state index is 14.5. The molecule has 3 aromatic rings. The predicted molar refractivity (Wildman–Crippen MR) is 185 cm³/mol. The first kappa shape index (κ1) is 35.1. The van der Waals surface area contributed by atoms with Crippen molar-refractivity contribution in [1.29, 1.82) is 0 Å². The number of anilines is 1. The second kappa shape index (κ2) is 15.4. The molecule has 2 fully saturated rings. The van der Waals surface area contributed by atoms with Gasteiger partial charge in [-0.2, -0.15) is 4.98 Å². The molecule has 2 aromatic heterocycles. The summed E-state index contributed by atoms with van der Waals surface area (Å²) in [6.45, 7) is 6.10. The third-order valence-electron chi connectivity index (χ3n) is 8.35. The van der Waals surface area contributed by atoms with Gasteiger partial charge in [-0.1, -0.05) is 35.9 Å². The van der Waals surface area contributed by atoms with E-state index in [0.29, 0.717) is 61.8 Å². The van der Waals surface area contributed by atoms with Crippen molar-refractivity contribution in [1.82, 2.24) is 29.7 Å². The highest BCUT2D eigenvalue weighted by atomic mass is 35.5. The Balaban J connectivity index is 1.55. The van der Waals surface area contributed by atoms with Gasteiger partial charge in [-0.15, -0.1) is 0 Å². The number of pyridine rings is 1. The Hall–Kier alpha value is -4.17. The molecule has 256 valence electrons. The minimum absolute atomic E-state index is 0.0359. The van der Waals surface area contributed by atoms with E-state index in [1.807, 2.05) is 25.1 Å². The van der Waals surface area contributed by atoms with E-state index in [1.165, 1.54) is 20.3 Å². The van der Waals surface area contributed by atoms with Crippen LogP contribution in [0.25, 0.3) is 22.2 Å². The first-order valence-corrected chi connectivity index (χ1v) is 16.2. The maximum atomic E-state index is 14.5. The molecular formula is C33H39Cl2N7O6. The van der Waals surface area contributed by atoms with E-state index in [9.17, 15) is 14.4 Å². The van der Waals surface area contributed by atoms with E-state index in [1.54, 1.807) is 33.9 Å². The summed E-state index contributed by atoms with van der Waals surface area (Å²) in [5, 5.41) is 6.96. The molecule has 5 rings (SSSR count). The second-order valence-electron chi connectivity index (χ2n) is 11.9. The lowest BCUT2D eigenvalue weighted by Crippen LogP contribution is -2.45. The highest BCUT2D eigenvalue weighted by molar-refractivity contribution is 6.41. The second-order valence-corrected chi connectivity index (χ2v) is 12.7. The number of methoxy groups -OCH3 is 2. The lowest BCUT2D eigenvalue weighted by atomic mass is 10.0. The van der Waals surface area contributed by atoms with Gasteiger partial charge in [0.25, 0.3) is 5.56 Å². The molecule has 0 spiro atoms. The van der Waals surface area contributed by atoms with Gasteiger partial charge in [0.05, 0.1) is 55.1 Å². The van der Waals surface area contributed by atoms with Crippen LogP contribution in [0.1, 0.15) is 6.42 Å². The number of ether oxygens (including phenoxy) is 3. The Labute approximate surface area is 288 Å². The van der Waals surface area contributed by atoms with Gasteiger partial charge >= 0.3 is 0 Å². The van der Waals surface area contributed by atoms with Crippen LogP contribution in [0.3, 0.4) is 0 Å². The number of fused-ring (bicyclic) bond motifs is 1. The smallest absolute Gasteiger partial charge is 0.260 e. The Morgan fingerprint density at radius 3 is 2.52 bits per heavy atom. The zero-order valence-electron chi connectivity index (χ0n) is 27.3. The summed E-state index contributed by atoms with van der Waals surface area (Å²) in [5.41, 5.74) is 0.468. The molecule has 3 unspecified atom stereocenters. The molecular weight excluding hydrogens is 661 g/mol. The zero-order valence-corrected chi connectivity index (χ0v) is 28.8. The first-order valence-electron chi connectivity index (χ1n) is 15.4. The minimum atomic E-state index is -0.387. The van der Waals surface area contributed by atoms with Gasteiger partial charge in [0, 0.05) is 55.5 Å². The lowest BCUT2D eigenvalue weighted by molar-refractivity contribution is -0.125. The van der Waals surface area contributed by atoms with Gasteiger partial charge in [-0.05, 0) is 38.6 Å². The molecule has 0 radical (unpaired) electrons. The molecule has 48 heavy (non-hydrogen) atoms. The number of likely N-dealkylation sites (tertiary alicyclic amines) is 1. The average molecular weight is 701 g/mol. The number of nitrogens with one attached hydrogen (secondary N) is 2. The van der Waals surface area contributed by atoms with Crippen LogP contribution in [-0.2, 0) is 20.9 Å². The summed E-state index contributed by atoms with van der Waals surface area (Å²) >= 11 is 13.5. The van der Waals surface area contributed by atoms with Crippen molar-refractivity contribution in [3.8, 4) is 22.6 Å². The molecule has 2 N–H and O–H groups in total. The number of hydrogen-bond acceptors (Lipinski definition) is 10. The van der Waals surface area contributed by atoms with Crippen molar-refractivity contribution in [3.05, 3.63) is 63.5 Å². The molecule has 2 aliphatic heterocycles. The number of carbonyl (C=O) groups is 2. The van der Waals surface area contributed by atoms with Crippen LogP contribution in [0.2, 0.25) is 10.0 Å². The fourth-order valence-corrected chi connectivity index (χ4v) is 6.56. The van der Waals surface area contributed by atoms with E-state index in [2.05, 4.69) is 22.2 Å². The van der Waals surface area contributed by atoms with Gasteiger partial charge < -0.3 is 34.6 Å². The molecule has 15 heteroatoms. The molecule has 4 heterocycles. The number of hydrogen-bond donors (Lipinski definition) is 2. The summed E-state index contributed by atoms with van der Waals surface area (Å²) in [5.74, 6) is 0.411. The number of amides is 2. The largest absolute Gasteiger partial charge is 0.495 e. The van der Waals surface area contributed by atoms with Gasteiger partial charge in [-0.3, -0.25) is 19.0 Å². The maximum Gasteiger partial charge on any atom is 0.260 e. The Kier molecular flexibility index (Phi) is 11.3. The fourth-order valence-electron chi connectivity index (χ4n) is 5.86. The van der Waals surface area contributed by atoms with E-state index in [4.69, 9.17) is 42.4 Å². The van der Waals surface area contributed by atoms with Crippen molar-refractivity contribution in [2.75, 3.05) is 66.5 Å². The van der Waals surface area contributed by atoms with Crippen molar-refractivity contribution >= 4 is 52.0 Å². The molecule has 1 aromatic carbocycles. The van der Waals surface area contributed by atoms with Crippen LogP contribution in [0.15, 0.2) is 47.9 Å². The number of carbonyl (C=O) groups excluding carboxylic acids is 2. The zero-order chi connectivity index (χ0) is 34.5. The Morgan fingerprint density at radius 1 is 1.15 bits per heavy atom. The average Bonchev–Trinajstić information content (AvgIpc) is 3.72. The molecule has 2 aliphatic rings. The summed E-state index contributed by atoms with van der Waals surface area (Å²) < 4.78 is 18.1.